The summed E-state index contributed by atoms with van der Waals surface area (Å²) < 4.78 is 11.4. The summed E-state index contributed by atoms with van der Waals surface area (Å²) in [5.74, 6) is 1.46. The molecule has 150 valence electrons. The van der Waals surface area contributed by atoms with Crippen LogP contribution in [0, 0.1) is 24.7 Å². The molecule has 1 amide bonds. The van der Waals surface area contributed by atoms with Crippen molar-refractivity contribution >= 4 is 17.5 Å². The first-order valence-corrected chi connectivity index (χ1v) is 10.1. The first-order valence-electron chi connectivity index (χ1n) is 10.1. The molecule has 0 saturated heterocycles. The highest BCUT2D eigenvalue weighted by Gasteiger charge is 2.54. The number of nitrogens with zero attached hydrogens (tertiary/aromatic N) is 3. The number of ketones is 1. The lowest BCUT2D eigenvalue weighted by molar-refractivity contribution is -0.134. The Morgan fingerprint density at radius 2 is 1.97 bits per heavy atom. The molecule has 5 unspecified atom stereocenters. The van der Waals surface area contributed by atoms with Gasteiger partial charge in [0, 0.05) is 18.5 Å². The standard InChI is InChI=1S/C22H23N3O4/c1-11-7-15-16(8-12(11)2)28-21-18(20(15)26)19(14-5-4-6-23-10-14)25(22(21)27)17-9-13(3)29-24-17/h4-6,9-12,15-16,19H,7-8H2,1-3H3. The molecule has 1 saturated carbocycles. The smallest absolute Gasteiger partial charge is 0.295 e. The third kappa shape index (κ3) is 2.71. The molecular weight excluding hydrogens is 370 g/mol. The number of aryl methyl sites for hydroxylation is 1. The van der Waals surface area contributed by atoms with E-state index in [1.165, 1.54) is 4.90 Å². The number of ether oxygens (including phenoxy) is 1. The van der Waals surface area contributed by atoms with Gasteiger partial charge in [-0.15, -0.1) is 0 Å². The molecule has 1 fully saturated rings. The highest BCUT2D eigenvalue weighted by molar-refractivity contribution is 6.17. The molecular formula is C22H23N3O4. The number of rotatable bonds is 2. The quantitative estimate of drug-likeness (QED) is 0.778. The van der Waals surface area contributed by atoms with Crippen molar-refractivity contribution < 1.29 is 18.8 Å². The van der Waals surface area contributed by atoms with Crippen molar-refractivity contribution in [3.63, 3.8) is 0 Å². The van der Waals surface area contributed by atoms with E-state index in [2.05, 4.69) is 24.0 Å². The molecule has 0 N–H and O–H groups in total. The van der Waals surface area contributed by atoms with Gasteiger partial charge in [0.2, 0.25) is 0 Å². The molecule has 0 bridgehead atoms. The van der Waals surface area contributed by atoms with Crippen molar-refractivity contribution in [2.24, 2.45) is 17.8 Å². The minimum absolute atomic E-state index is 0.0138. The maximum absolute atomic E-state index is 13.6. The van der Waals surface area contributed by atoms with E-state index >= 15 is 0 Å². The first-order chi connectivity index (χ1) is 14.0. The summed E-state index contributed by atoms with van der Waals surface area (Å²) in [6.45, 7) is 6.13. The van der Waals surface area contributed by atoms with Crippen molar-refractivity contribution in [1.29, 1.82) is 0 Å². The number of carbonyl (C=O) groups is 2. The van der Waals surface area contributed by atoms with E-state index in [9.17, 15) is 9.59 Å². The Balaban J connectivity index is 1.63. The molecule has 0 aromatic carbocycles. The number of amides is 1. The van der Waals surface area contributed by atoms with E-state index in [1.54, 1.807) is 31.5 Å². The summed E-state index contributed by atoms with van der Waals surface area (Å²) in [5.41, 5.74) is 1.17. The Kier molecular flexibility index (Phi) is 4.08. The maximum Gasteiger partial charge on any atom is 0.295 e. The van der Waals surface area contributed by atoms with E-state index < -0.39 is 6.04 Å². The average Bonchev–Trinajstić information content (AvgIpc) is 3.26. The normalized spacial score (nSPS) is 31.6. The molecule has 5 rings (SSSR count). The van der Waals surface area contributed by atoms with Gasteiger partial charge in [-0.3, -0.25) is 19.5 Å². The minimum atomic E-state index is -0.612. The number of hydrogen-bond acceptors (Lipinski definition) is 6. The van der Waals surface area contributed by atoms with Crippen LogP contribution in [0.3, 0.4) is 0 Å². The fourth-order valence-electron chi connectivity index (χ4n) is 4.82. The number of carbonyl (C=O) groups excluding carboxylic acids is 2. The van der Waals surface area contributed by atoms with E-state index in [1.807, 2.05) is 6.07 Å². The van der Waals surface area contributed by atoms with Gasteiger partial charge in [0.1, 0.15) is 11.9 Å². The molecule has 1 aliphatic carbocycles. The number of pyridine rings is 1. The van der Waals surface area contributed by atoms with Crippen LogP contribution in [-0.4, -0.2) is 27.9 Å². The fourth-order valence-corrected chi connectivity index (χ4v) is 4.82. The van der Waals surface area contributed by atoms with E-state index in [-0.39, 0.29) is 29.5 Å². The van der Waals surface area contributed by atoms with Crippen LogP contribution in [0.25, 0.3) is 0 Å². The highest BCUT2D eigenvalue weighted by atomic mass is 16.5. The molecule has 29 heavy (non-hydrogen) atoms. The van der Waals surface area contributed by atoms with Gasteiger partial charge < -0.3 is 9.26 Å². The average molecular weight is 393 g/mol. The summed E-state index contributed by atoms with van der Waals surface area (Å²) >= 11 is 0. The summed E-state index contributed by atoms with van der Waals surface area (Å²) in [4.78, 5) is 32.7. The zero-order valence-electron chi connectivity index (χ0n) is 16.7. The lowest BCUT2D eigenvalue weighted by Crippen LogP contribution is -2.43. The summed E-state index contributed by atoms with van der Waals surface area (Å²) in [6, 6.07) is 4.75. The van der Waals surface area contributed by atoms with E-state index in [0.29, 0.717) is 29.0 Å². The van der Waals surface area contributed by atoms with Crippen LogP contribution in [-0.2, 0) is 14.3 Å². The van der Waals surface area contributed by atoms with E-state index in [0.717, 1.165) is 18.4 Å². The second-order valence-electron chi connectivity index (χ2n) is 8.46. The van der Waals surface area contributed by atoms with Gasteiger partial charge >= 0.3 is 0 Å². The van der Waals surface area contributed by atoms with Crippen LogP contribution in [0.4, 0.5) is 5.82 Å². The third-order valence-electron chi connectivity index (χ3n) is 6.57. The van der Waals surface area contributed by atoms with Gasteiger partial charge in [-0.05, 0) is 43.2 Å². The fraction of sp³-hybridized carbons (Fsp3) is 0.455. The van der Waals surface area contributed by atoms with Gasteiger partial charge in [0.25, 0.3) is 5.91 Å². The summed E-state index contributed by atoms with van der Waals surface area (Å²) in [7, 11) is 0. The molecule has 4 heterocycles. The van der Waals surface area contributed by atoms with Crippen molar-refractivity contribution in [1.82, 2.24) is 10.1 Å². The lowest BCUT2D eigenvalue weighted by Gasteiger charge is -2.40. The maximum atomic E-state index is 13.6. The van der Waals surface area contributed by atoms with Crippen molar-refractivity contribution in [3.05, 3.63) is 53.2 Å². The number of anilines is 1. The minimum Gasteiger partial charge on any atom is -0.483 e. The molecule has 2 aromatic rings. The second kappa shape index (κ2) is 6.54. The van der Waals surface area contributed by atoms with Gasteiger partial charge in [-0.25, -0.2) is 0 Å². The van der Waals surface area contributed by atoms with Gasteiger partial charge in [-0.1, -0.05) is 25.1 Å². The van der Waals surface area contributed by atoms with Gasteiger partial charge in [0.15, 0.2) is 17.4 Å². The van der Waals surface area contributed by atoms with Crippen LogP contribution < -0.4 is 4.90 Å². The molecule has 7 heteroatoms. The topological polar surface area (TPSA) is 85.5 Å². The Morgan fingerprint density at radius 3 is 2.66 bits per heavy atom. The Bertz CT molecular complexity index is 1010. The molecule has 0 spiro atoms. The number of fused-ring (bicyclic) bond motifs is 1. The van der Waals surface area contributed by atoms with Gasteiger partial charge in [0.05, 0.1) is 17.5 Å². The van der Waals surface area contributed by atoms with Crippen molar-refractivity contribution in [2.45, 2.75) is 45.8 Å². The van der Waals surface area contributed by atoms with Crippen LogP contribution in [0.5, 0.6) is 0 Å². The van der Waals surface area contributed by atoms with Crippen LogP contribution >= 0.6 is 0 Å². The molecule has 5 atom stereocenters. The third-order valence-corrected chi connectivity index (χ3v) is 6.57. The summed E-state index contributed by atoms with van der Waals surface area (Å²) in [5, 5.41) is 4.04. The molecule has 2 aromatic heterocycles. The lowest BCUT2D eigenvalue weighted by atomic mass is 9.70. The Hall–Kier alpha value is -2.96. The van der Waals surface area contributed by atoms with Crippen LogP contribution in [0.1, 0.15) is 44.1 Å². The molecule has 7 nitrogen and oxygen atoms in total. The predicted molar refractivity (Wildman–Crippen MR) is 104 cm³/mol. The summed E-state index contributed by atoms with van der Waals surface area (Å²) in [6.07, 6.45) is 4.66. The number of hydrogen-bond donors (Lipinski definition) is 0. The number of Topliss-reactive ketones (excluding diaryl/α,β-unsaturated/α-hetero) is 1. The monoisotopic (exact) mass is 393 g/mol. The Labute approximate surface area is 168 Å². The molecule has 0 radical (unpaired) electrons. The zero-order chi connectivity index (χ0) is 20.3. The molecule has 2 aliphatic heterocycles. The largest absolute Gasteiger partial charge is 0.483 e. The van der Waals surface area contributed by atoms with Crippen molar-refractivity contribution in [2.75, 3.05) is 4.90 Å². The molecule has 3 aliphatic rings. The number of aromatic nitrogens is 2. The Morgan fingerprint density at radius 1 is 1.17 bits per heavy atom. The SMILES string of the molecule is Cc1cc(N2C(=O)C3=C(C(=O)C4CC(C)C(C)CC4O3)C2c2cccnc2)no1. The van der Waals surface area contributed by atoms with Crippen LogP contribution in [0.2, 0.25) is 0 Å². The second-order valence-corrected chi connectivity index (χ2v) is 8.46. The highest BCUT2D eigenvalue weighted by Crippen LogP contribution is 2.49. The predicted octanol–water partition coefficient (Wildman–Crippen LogP) is 3.37. The van der Waals surface area contributed by atoms with Crippen LogP contribution in [0.15, 0.2) is 46.4 Å². The van der Waals surface area contributed by atoms with Crippen molar-refractivity contribution in [3.8, 4) is 0 Å². The van der Waals surface area contributed by atoms with Gasteiger partial charge in [-0.2, -0.15) is 0 Å². The van der Waals surface area contributed by atoms with E-state index in [4.69, 9.17) is 9.26 Å². The first kappa shape index (κ1) is 18.1. The zero-order valence-corrected chi connectivity index (χ0v) is 16.7.